The van der Waals surface area contributed by atoms with Crippen molar-refractivity contribution >= 4 is 17.5 Å². The van der Waals surface area contributed by atoms with Gasteiger partial charge in [-0.15, -0.1) is 0 Å². The summed E-state index contributed by atoms with van der Waals surface area (Å²) in [5, 5.41) is 0.422. The third-order valence-electron chi connectivity index (χ3n) is 4.31. The highest BCUT2D eigenvalue weighted by molar-refractivity contribution is 6.29. The van der Waals surface area contributed by atoms with Gasteiger partial charge in [0.05, 0.1) is 0 Å². The quantitative estimate of drug-likeness (QED) is 0.775. The molecule has 1 amide bonds. The largest absolute Gasteiger partial charge is 0.339 e. The number of halogens is 1. The Balaban J connectivity index is 2.12. The summed E-state index contributed by atoms with van der Waals surface area (Å²) < 4.78 is 0. The van der Waals surface area contributed by atoms with E-state index in [0.29, 0.717) is 10.7 Å². The first-order valence-corrected chi connectivity index (χ1v) is 8.47. The lowest BCUT2D eigenvalue weighted by molar-refractivity contribution is 0.0759. The summed E-state index contributed by atoms with van der Waals surface area (Å²) >= 11 is 6.06. The molecule has 3 nitrogen and oxygen atoms in total. The molecule has 1 aromatic rings. The average Bonchev–Trinajstić information content (AvgIpc) is 2.71. The predicted molar refractivity (Wildman–Crippen MR) is 86.8 cm³/mol. The van der Waals surface area contributed by atoms with Crippen LogP contribution in [0, 0.1) is 5.92 Å². The number of pyridine rings is 1. The van der Waals surface area contributed by atoms with Crippen molar-refractivity contribution in [3.8, 4) is 0 Å². The van der Waals surface area contributed by atoms with Gasteiger partial charge in [-0.3, -0.25) is 4.79 Å². The first-order valence-electron chi connectivity index (χ1n) is 8.09. The van der Waals surface area contributed by atoms with Gasteiger partial charge in [0.25, 0.3) is 5.91 Å². The topological polar surface area (TPSA) is 33.2 Å². The lowest BCUT2D eigenvalue weighted by Crippen LogP contribution is -2.32. The first kappa shape index (κ1) is 16.3. The number of hydrogen-bond donors (Lipinski definition) is 0. The molecule has 21 heavy (non-hydrogen) atoms. The van der Waals surface area contributed by atoms with Crippen molar-refractivity contribution in [1.29, 1.82) is 0 Å². The van der Waals surface area contributed by atoms with Crippen molar-refractivity contribution in [3.05, 3.63) is 28.5 Å². The van der Waals surface area contributed by atoms with Crippen LogP contribution in [0.5, 0.6) is 0 Å². The molecule has 1 aromatic heterocycles. The lowest BCUT2D eigenvalue weighted by Gasteiger charge is -2.21. The number of carbonyl (C=O) groups excluding carboxylic acids is 1. The molecular formula is C17H25ClN2O. The summed E-state index contributed by atoms with van der Waals surface area (Å²) in [5.41, 5.74) is 1.60. The van der Waals surface area contributed by atoms with Gasteiger partial charge in [-0.05, 0) is 43.7 Å². The van der Waals surface area contributed by atoms with Crippen LogP contribution in [0.2, 0.25) is 5.15 Å². The van der Waals surface area contributed by atoms with E-state index in [9.17, 15) is 4.79 Å². The van der Waals surface area contributed by atoms with E-state index < -0.39 is 0 Å². The highest BCUT2D eigenvalue weighted by atomic mass is 35.5. The second kappa shape index (κ2) is 7.79. The molecule has 0 aromatic carbocycles. The zero-order valence-corrected chi connectivity index (χ0v) is 13.8. The van der Waals surface area contributed by atoms with Gasteiger partial charge in [-0.1, -0.05) is 38.3 Å². The van der Waals surface area contributed by atoms with Gasteiger partial charge >= 0.3 is 0 Å². The van der Waals surface area contributed by atoms with Crippen molar-refractivity contribution < 1.29 is 4.79 Å². The lowest BCUT2D eigenvalue weighted by atomic mass is 9.98. The molecule has 1 fully saturated rings. The van der Waals surface area contributed by atoms with Crippen LogP contribution in [-0.4, -0.2) is 28.9 Å². The zero-order valence-electron chi connectivity index (χ0n) is 13.1. The third-order valence-corrected chi connectivity index (χ3v) is 4.51. The molecule has 0 saturated carbocycles. The Bertz CT molecular complexity index is 490. The zero-order chi connectivity index (χ0) is 15.2. The van der Waals surface area contributed by atoms with Crippen LogP contribution in [0.4, 0.5) is 0 Å². The fraction of sp³-hybridized carbons (Fsp3) is 0.647. The van der Waals surface area contributed by atoms with Crippen molar-refractivity contribution in [2.75, 3.05) is 13.1 Å². The van der Waals surface area contributed by atoms with Crippen molar-refractivity contribution in [3.63, 3.8) is 0 Å². The molecule has 1 unspecified atom stereocenters. The van der Waals surface area contributed by atoms with Crippen LogP contribution >= 0.6 is 11.6 Å². The molecule has 0 aliphatic carbocycles. The molecule has 0 radical (unpaired) electrons. The van der Waals surface area contributed by atoms with E-state index in [0.717, 1.165) is 50.4 Å². The molecule has 0 N–H and O–H groups in total. The van der Waals surface area contributed by atoms with Crippen molar-refractivity contribution in [2.24, 2.45) is 5.92 Å². The van der Waals surface area contributed by atoms with Gasteiger partial charge in [0.2, 0.25) is 0 Å². The number of aryl methyl sites for hydroxylation is 1. The maximum atomic E-state index is 12.7. The first-order chi connectivity index (χ1) is 10.1. The molecule has 4 heteroatoms. The van der Waals surface area contributed by atoms with E-state index in [-0.39, 0.29) is 5.91 Å². The van der Waals surface area contributed by atoms with E-state index in [1.807, 2.05) is 11.0 Å². The molecule has 1 saturated heterocycles. The number of aromatic nitrogens is 1. The smallest absolute Gasteiger partial charge is 0.254 e. The number of likely N-dealkylation sites (tertiary alicyclic amines) is 1. The number of hydrogen-bond acceptors (Lipinski definition) is 2. The molecular weight excluding hydrogens is 284 g/mol. The summed E-state index contributed by atoms with van der Waals surface area (Å²) in [4.78, 5) is 19.0. The minimum Gasteiger partial charge on any atom is -0.339 e. The molecule has 2 rings (SSSR count). The standard InChI is InChI=1S/C17H25ClN2O/c1-3-6-15-11-14(12-16(18)19-15)17(21)20-9-5-7-13(4-2)8-10-20/h11-13H,3-10H2,1-2H3. The molecule has 1 aliphatic heterocycles. The van der Waals surface area contributed by atoms with E-state index in [1.165, 1.54) is 12.8 Å². The van der Waals surface area contributed by atoms with Gasteiger partial charge in [0, 0.05) is 24.3 Å². The average molecular weight is 309 g/mol. The highest BCUT2D eigenvalue weighted by Crippen LogP contribution is 2.22. The van der Waals surface area contributed by atoms with Gasteiger partial charge in [0.1, 0.15) is 5.15 Å². The summed E-state index contributed by atoms with van der Waals surface area (Å²) in [6, 6.07) is 3.60. The Morgan fingerprint density at radius 3 is 2.86 bits per heavy atom. The van der Waals surface area contributed by atoms with Crippen LogP contribution in [0.25, 0.3) is 0 Å². The predicted octanol–water partition coefficient (Wildman–Crippen LogP) is 4.34. The number of rotatable bonds is 4. The Kier molecular flexibility index (Phi) is 6.04. The van der Waals surface area contributed by atoms with E-state index >= 15 is 0 Å². The van der Waals surface area contributed by atoms with Crippen LogP contribution < -0.4 is 0 Å². The fourth-order valence-electron chi connectivity index (χ4n) is 3.02. The second-order valence-corrected chi connectivity index (χ2v) is 6.30. The monoisotopic (exact) mass is 308 g/mol. The Labute approximate surface area is 132 Å². The second-order valence-electron chi connectivity index (χ2n) is 5.92. The summed E-state index contributed by atoms with van der Waals surface area (Å²) in [7, 11) is 0. The number of carbonyl (C=O) groups is 1. The normalized spacial score (nSPS) is 19.4. The molecule has 1 aliphatic rings. The molecule has 116 valence electrons. The Morgan fingerprint density at radius 2 is 2.14 bits per heavy atom. The highest BCUT2D eigenvalue weighted by Gasteiger charge is 2.21. The maximum absolute atomic E-state index is 12.7. The van der Waals surface area contributed by atoms with E-state index in [4.69, 9.17) is 11.6 Å². The number of nitrogens with zero attached hydrogens (tertiary/aromatic N) is 2. The molecule has 0 spiro atoms. The Morgan fingerprint density at radius 1 is 1.33 bits per heavy atom. The van der Waals surface area contributed by atoms with Crippen LogP contribution in [-0.2, 0) is 6.42 Å². The summed E-state index contributed by atoms with van der Waals surface area (Å²) in [6.45, 7) is 6.06. The van der Waals surface area contributed by atoms with Gasteiger partial charge in [0.15, 0.2) is 0 Å². The van der Waals surface area contributed by atoms with E-state index in [2.05, 4.69) is 18.8 Å². The molecule has 1 atom stereocenters. The van der Waals surface area contributed by atoms with Crippen molar-refractivity contribution in [2.45, 2.75) is 52.4 Å². The minimum absolute atomic E-state index is 0.105. The Hall–Kier alpha value is -1.09. The molecule has 0 bridgehead atoms. The van der Waals surface area contributed by atoms with Crippen molar-refractivity contribution in [1.82, 2.24) is 9.88 Å². The van der Waals surface area contributed by atoms with E-state index in [1.54, 1.807) is 6.07 Å². The molecule has 2 heterocycles. The van der Waals surface area contributed by atoms with Crippen LogP contribution in [0.1, 0.15) is 62.0 Å². The maximum Gasteiger partial charge on any atom is 0.254 e. The number of amides is 1. The van der Waals surface area contributed by atoms with Gasteiger partial charge in [-0.25, -0.2) is 4.98 Å². The fourth-order valence-corrected chi connectivity index (χ4v) is 3.24. The van der Waals surface area contributed by atoms with Crippen LogP contribution in [0.15, 0.2) is 12.1 Å². The van der Waals surface area contributed by atoms with Gasteiger partial charge in [-0.2, -0.15) is 0 Å². The summed E-state index contributed by atoms with van der Waals surface area (Å²) in [6.07, 6.45) is 6.53. The van der Waals surface area contributed by atoms with Gasteiger partial charge < -0.3 is 4.90 Å². The minimum atomic E-state index is 0.105. The third kappa shape index (κ3) is 4.44. The SMILES string of the molecule is CCCc1cc(C(=O)N2CCCC(CC)CC2)cc(Cl)n1. The van der Waals surface area contributed by atoms with Crippen LogP contribution in [0.3, 0.4) is 0 Å². The summed E-state index contributed by atoms with van der Waals surface area (Å²) in [5.74, 6) is 0.868.